The minimum absolute atomic E-state index is 0.0463. The van der Waals surface area contributed by atoms with Gasteiger partial charge in [-0.2, -0.15) is 0 Å². The molecule has 56 valence electrons. The van der Waals surface area contributed by atoms with Crippen molar-refractivity contribution in [3.63, 3.8) is 0 Å². The Hall–Kier alpha value is -1.31. The van der Waals surface area contributed by atoms with Gasteiger partial charge >= 0.3 is 0 Å². The summed E-state index contributed by atoms with van der Waals surface area (Å²) in [7, 11) is 0. The average Bonchev–Trinajstić information content (AvgIpc) is 2.17. The zero-order valence-corrected chi connectivity index (χ0v) is 6.32. The minimum atomic E-state index is 0.0463. The van der Waals surface area contributed by atoms with Crippen molar-refractivity contribution >= 4 is 5.90 Å². The molecular weight excluding hydrogens is 138 g/mol. The van der Waals surface area contributed by atoms with Crippen LogP contribution in [0.2, 0.25) is 0 Å². The number of ether oxygens (including phenoxy) is 1. The molecule has 1 aliphatic carbocycles. The van der Waals surface area contributed by atoms with Crippen LogP contribution in [0.15, 0.2) is 41.1 Å². The molecule has 2 nitrogen and oxygen atoms in total. The molecule has 0 saturated heterocycles. The molecule has 1 heterocycles. The summed E-state index contributed by atoms with van der Waals surface area (Å²) in [5.74, 6) is 0.751. The highest BCUT2D eigenvalue weighted by molar-refractivity contribution is 5.77. The van der Waals surface area contributed by atoms with E-state index in [-0.39, 0.29) is 6.10 Å². The fraction of sp³-hybridized carbons (Fsp3) is 0.222. The highest BCUT2D eigenvalue weighted by Gasteiger charge is 2.19. The zero-order chi connectivity index (χ0) is 7.68. The summed E-state index contributed by atoms with van der Waals surface area (Å²) >= 11 is 0. The first-order valence-corrected chi connectivity index (χ1v) is 3.63. The summed E-state index contributed by atoms with van der Waals surface area (Å²) in [5.41, 5.74) is 0.993. The molecule has 0 aromatic rings. The molecule has 0 fully saturated rings. The highest BCUT2D eigenvalue weighted by atomic mass is 16.5. The lowest BCUT2D eigenvalue weighted by molar-refractivity contribution is 0.291. The lowest BCUT2D eigenvalue weighted by atomic mass is 10.2. The third kappa shape index (κ3) is 1.11. The molecular formula is C9H9NO. The number of allylic oxidation sites excluding steroid dienone is 4. The van der Waals surface area contributed by atoms with Crippen molar-refractivity contribution in [2.75, 3.05) is 0 Å². The fourth-order valence-corrected chi connectivity index (χ4v) is 1.17. The minimum Gasteiger partial charge on any atom is -0.467 e. The normalized spacial score (nSPS) is 26.8. The maximum atomic E-state index is 5.40. The Morgan fingerprint density at radius 1 is 1.36 bits per heavy atom. The summed E-state index contributed by atoms with van der Waals surface area (Å²) in [6.45, 7) is 1.87. The highest BCUT2D eigenvalue weighted by Crippen LogP contribution is 2.20. The summed E-state index contributed by atoms with van der Waals surface area (Å²) in [5, 5.41) is 0. The van der Waals surface area contributed by atoms with Crippen molar-refractivity contribution in [3.8, 4) is 0 Å². The zero-order valence-electron chi connectivity index (χ0n) is 6.32. The number of aliphatic imine (C=N–C) groups is 1. The standard InChI is InChI=1S/C9H9NO/c1-7-10-8-5-3-2-4-6-9(8)11-7/h2-6,9H,1H3. The Labute approximate surface area is 65.6 Å². The van der Waals surface area contributed by atoms with Gasteiger partial charge in [0, 0.05) is 6.92 Å². The average molecular weight is 147 g/mol. The molecule has 0 aromatic heterocycles. The van der Waals surface area contributed by atoms with E-state index in [1.54, 1.807) is 0 Å². The molecule has 0 N–H and O–H groups in total. The second kappa shape index (κ2) is 2.38. The van der Waals surface area contributed by atoms with Gasteiger partial charge in [0.05, 0.1) is 5.70 Å². The summed E-state index contributed by atoms with van der Waals surface area (Å²) in [6.07, 6.45) is 9.93. The van der Waals surface area contributed by atoms with Crippen LogP contribution in [0.1, 0.15) is 6.92 Å². The Bertz CT molecular complexity index is 284. The van der Waals surface area contributed by atoms with Crippen LogP contribution in [-0.2, 0) is 4.74 Å². The number of rotatable bonds is 0. The Kier molecular flexibility index (Phi) is 1.39. The van der Waals surface area contributed by atoms with Crippen LogP contribution in [0.4, 0.5) is 0 Å². The molecule has 0 aromatic carbocycles. The van der Waals surface area contributed by atoms with Gasteiger partial charge in [-0.25, -0.2) is 4.99 Å². The van der Waals surface area contributed by atoms with Crippen LogP contribution in [-0.4, -0.2) is 12.0 Å². The Morgan fingerprint density at radius 3 is 3.18 bits per heavy atom. The molecule has 0 amide bonds. The van der Waals surface area contributed by atoms with Crippen molar-refractivity contribution < 1.29 is 4.74 Å². The smallest absolute Gasteiger partial charge is 0.186 e. The Balaban J connectivity index is 2.35. The predicted octanol–water partition coefficient (Wildman–Crippen LogP) is 1.81. The van der Waals surface area contributed by atoms with Gasteiger partial charge < -0.3 is 4.74 Å². The summed E-state index contributed by atoms with van der Waals surface area (Å²) in [4.78, 5) is 4.22. The third-order valence-electron chi connectivity index (χ3n) is 1.65. The molecule has 1 atom stereocenters. The van der Waals surface area contributed by atoms with Crippen LogP contribution >= 0.6 is 0 Å². The number of hydrogen-bond acceptors (Lipinski definition) is 2. The monoisotopic (exact) mass is 147 g/mol. The maximum absolute atomic E-state index is 5.40. The topological polar surface area (TPSA) is 21.6 Å². The molecule has 0 bridgehead atoms. The maximum Gasteiger partial charge on any atom is 0.186 e. The molecule has 1 aliphatic heterocycles. The first kappa shape index (κ1) is 6.40. The molecule has 11 heavy (non-hydrogen) atoms. The number of nitrogens with zero attached hydrogens (tertiary/aromatic N) is 1. The van der Waals surface area contributed by atoms with Gasteiger partial charge in [0.1, 0.15) is 0 Å². The van der Waals surface area contributed by atoms with Crippen LogP contribution in [0, 0.1) is 0 Å². The first-order chi connectivity index (χ1) is 5.36. The molecule has 0 spiro atoms. The van der Waals surface area contributed by atoms with Crippen molar-refractivity contribution in [2.45, 2.75) is 13.0 Å². The van der Waals surface area contributed by atoms with Gasteiger partial charge in [-0.15, -0.1) is 0 Å². The number of fused-ring (bicyclic) bond motifs is 1. The number of hydrogen-bond donors (Lipinski definition) is 0. The van der Waals surface area contributed by atoms with E-state index in [0.717, 1.165) is 11.6 Å². The van der Waals surface area contributed by atoms with Crippen molar-refractivity contribution in [2.24, 2.45) is 4.99 Å². The van der Waals surface area contributed by atoms with Crippen LogP contribution in [0.5, 0.6) is 0 Å². The quantitative estimate of drug-likeness (QED) is 0.512. The summed E-state index contributed by atoms with van der Waals surface area (Å²) in [6, 6.07) is 0. The lowest BCUT2D eigenvalue weighted by Crippen LogP contribution is -2.05. The molecule has 2 aliphatic rings. The van der Waals surface area contributed by atoms with Gasteiger partial charge in [0.15, 0.2) is 12.0 Å². The van der Waals surface area contributed by atoms with Crippen molar-refractivity contribution in [1.82, 2.24) is 0 Å². The van der Waals surface area contributed by atoms with Gasteiger partial charge in [0.2, 0.25) is 0 Å². The molecule has 0 radical (unpaired) electrons. The molecule has 2 rings (SSSR count). The van der Waals surface area contributed by atoms with Gasteiger partial charge in [-0.1, -0.05) is 18.2 Å². The molecule has 2 heteroatoms. The Morgan fingerprint density at radius 2 is 2.27 bits per heavy atom. The summed E-state index contributed by atoms with van der Waals surface area (Å²) < 4.78 is 5.40. The van der Waals surface area contributed by atoms with E-state index in [1.807, 2.05) is 37.3 Å². The third-order valence-corrected chi connectivity index (χ3v) is 1.65. The van der Waals surface area contributed by atoms with Crippen molar-refractivity contribution in [1.29, 1.82) is 0 Å². The van der Waals surface area contributed by atoms with Crippen molar-refractivity contribution in [3.05, 3.63) is 36.1 Å². The van der Waals surface area contributed by atoms with E-state index in [0.29, 0.717) is 0 Å². The first-order valence-electron chi connectivity index (χ1n) is 3.63. The van der Waals surface area contributed by atoms with E-state index in [4.69, 9.17) is 4.74 Å². The SMILES string of the molecule is CC1=NC2=CC=CC=CC2O1. The van der Waals surface area contributed by atoms with E-state index >= 15 is 0 Å². The van der Waals surface area contributed by atoms with Gasteiger partial charge in [-0.3, -0.25) is 0 Å². The van der Waals surface area contributed by atoms with E-state index < -0.39 is 0 Å². The van der Waals surface area contributed by atoms with Crippen LogP contribution < -0.4 is 0 Å². The molecule has 1 unspecified atom stereocenters. The predicted molar refractivity (Wildman–Crippen MR) is 44.3 cm³/mol. The fourth-order valence-electron chi connectivity index (χ4n) is 1.17. The van der Waals surface area contributed by atoms with Crippen LogP contribution in [0.3, 0.4) is 0 Å². The lowest BCUT2D eigenvalue weighted by Gasteiger charge is -2.03. The second-order valence-corrected chi connectivity index (χ2v) is 2.53. The van der Waals surface area contributed by atoms with E-state index in [1.165, 1.54) is 0 Å². The largest absolute Gasteiger partial charge is 0.467 e. The van der Waals surface area contributed by atoms with E-state index in [2.05, 4.69) is 4.99 Å². The second-order valence-electron chi connectivity index (χ2n) is 2.53. The van der Waals surface area contributed by atoms with E-state index in [9.17, 15) is 0 Å². The van der Waals surface area contributed by atoms with Gasteiger partial charge in [-0.05, 0) is 12.2 Å². The van der Waals surface area contributed by atoms with Crippen LogP contribution in [0.25, 0.3) is 0 Å². The van der Waals surface area contributed by atoms with Gasteiger partial charge in [0.25, 0.3) is 0 Å². The molecule has 0 saturated carbocycles.